The Labute approximate surface area is 136 Å². The average Bonchev–Trinajstić information content (AvgIpc) is 2.56. The first-order valence-corrected chi connectivity index (χ1v) is 7.87. The molecule has 1 aliphatic carbocycles. The molecule has 23 heavy (non-hydrogen) atoms. The van der Waals surface area contributed by atoms with Gasteiger partial charge in [0, 0.05) is 12.1 Å². The van der Waals surface area contributed by atoms with Crippen molar-refractivity contribution in [3.63, 3.8) is 0 Å². The van der Waals surface area contributed by atoms with E-state index in [9.17, 15) is 9.59 Å². The smallest absolute Gasteiger partial charge is 0.313 e. The van der Waals surface area contributed by atoms with Gasteiger partial charge in [-0.2, -0.15) is 0 Å². The maximum Gasteiger partial charge on any atom is 0.313 e. The van der Waals surface area contributed by atoms with E-state index in [0.29, 0.717) is 23.1 Å². The fraction of sp³-hybridized carbons (Fsp3) is 0.529. The summed E-state index contributed by atoms with van der Waals surface area (Å²) in [6.07, 6.45) is 4.00. The Balaban J connectivity index is 1.96. The van der Waals surface area contributed by atoms with Gasteiger partial charge in [0.05, 0.1) is 19.9 Å². The lowest BCUT2D eigenvalue weighted by Gasteiger charge is -2.26. The first kappa shape index (κ1) is 17.1. The van der Waals surface area contributed by atoms with Gasteiger partial charge < -0.3 is 20.1 Å². The normalized spacial score (nSPS) is 20.5. The molecular formula is C17H24N2O4. The Morgan fingerprint density at radius 3 is 2.35 bits per heavy atom. The summed E-state index contributed by atoms with van der Waals surface area (Å²) in [5.74, 6) is 0.420. The second-order valence-corrected chi connectivity index (χ2v) is 5.95. The molecule has 0 unspecified atom stereocenters. The van der Waals surface area contributed by atoms with Gasteiger partial charge >= 0.3 is 11.8 Å². The summed E-state index contributed by atoms with van der Waals surface area (Å²) in [5, 5.41) is 5.38. The van der Waals surface area contributed by atoms with Gasteiger partial charge in [-0.15, -0.1) is 0 Å². The van der Waals surface area contributed by atoms with Crippen molar-refractivity contribution in [2.24, 2.45) is 5.92 Å². The van der Waals surface area contributed by atoms with Crippen LogP contribution in [0.3, 0.4) is 0 Å². The predicted molar refractivity (Wildman–Crippen MR) is 87.7 cm³/mol. The van der Waals surface area contributed by atoms with Gasteiger partial charge in [-0.1, -0.05) is 6.92 Å². The number of hydrogen-bond acceptors (Lipinski definition) is 4. The predicted octanol–water partition coefficient (Wildman–Crippen LogP) is 2.34. The first-order chi connectivity index (χ1) is 11.0. The van der Waals surface area contributed by atoms with Crippen LogP contribution in [0, 0.1) is 5.92 Å². The second-order valence-electron chi connectivity index (χ2n) is 5.95. The molecule has 2 N–H and O–H groups in total. The van der Waals surface area contributed by atoms with Gasteiger partial charge in [-0.25, -0.2) is 0 Å². The molecule has 1 aromatic carbocycles. The molecule has 0 aliphatic heterocycles. The van der Waals surface area contributed by atoms with Gasteiger partial charge in [-0.3, -0.25) is 9.59 Å². The van der Waals surface area contributed by atoms with Crippen LogP contribution in [0.25, 0.3) is 0 Å². The van der Waals surface area contributed by atoms with E-state index in [1.54, 1.807) is 18.2 Å². The number of methoxy groups -OCH3 is 2. The van der Waals surface area contributed by atoms with Crippen LogP contribution >= 0.6 is 0 Å². The summed E-state index contributed by atoms with van der Waals surface area (Å²) >= 11 is 0. The fourth-order valence-corrected chi connectivity index (χ4v) is 2.75. The highest BCUT2D eigenvalue weighted by atomic mass is 16.5. The Morgan fingerprint density at radius 1 is 1.04 bits per heavy atom. The van der Waals surface area contributed by atoms with Crippen molar-refractivity contribution in [3.05, 3.63) is 18.2 Å². The van der Waals surface area contributed by atoms with Gasteiger partial charge in [0.2, 0.25) is 0 Å². The van der Waals surface area contributed by atoms with Crippen LogP contribution in [-0.2, 0) is 9.59 Å². The minimum Gasteiger partial charge on any atom is -0.497 e. The summed E-state index contributed by atoms with van der Waals surface area (Å²) in [7, 11) is 3.03. The molecule has 0 aromatic heterocycles. The van der Waals surface area contributed by atoms with E-state index in [4.69, 9.17) is 9.47 Å². The van der Waals surface area contributed by atoms with Crippen LogP contribution < -0.4 is 20.1 Å². The van der Waals surface area contributed by atoms with E-state index >= 15 is 0 Å². The molecule has 0 saturated heterocycles. The lowest BCUT2D eigenvalue weighted by Crippen LogP contribution is -2.43. The highest BCUT2D eigenvalue weighted by Gasteiger charge is 2.23. The van der Waals surface area contributed by atoms with Crippen LogP contribution in [0.5, 0.6) is 11.5 Å². The molecule has 0 atom stereocenters. The van der Waals surface area contributed by atoms with Crippen molar-refractivity contribution in [2.45, 2.75) is 38.6 Å². The molecule has 2 rings (SSSR count). The maximum absolute atomic E-state index is 12.1. The Morgan fingerprint density at radius 2 is 1.74 bits per heavy atom. The quantitative estimate of drug-likeness (QED) is 0.835. The number of carbonyl (C=O) groups is 2. The summed E-state index contributed by atoms with van der Waals surface area (Å²) < 4.78 is 10.3. The molecule has 2 amide bonds. The number of anilines is 1. The lowest BCUT2D eigenvalue weighted by molar-refractivity contribution is -0.136. The van der Waals surface area contributed by atoms with E-state index in [-0.39, 0.29) is 6.04 Å². The second kappa shape index (κ2) is 7.85. The average molecular weight is 320 g/mol. The zero-order valence-electron chi connectivity index (χ0n) is 13.8. The van der Waals surface area contributed by atoms with Gasteiger partial charge in [0.15, 0.2) is 0 Å². The standard InChI is InChI=1S/C17H24N2O4/c1-11-4-6-12(7-5-11)18-16(20)17(21)19-14-10-13(22-2)8-9-15(14)23-3/h8-12H,4-7H2,1-3H3,(H,18,20)(H,19,21). The van der Waals surface area contributed by atoms with Crippen LogP contribution in [-0.4, -0.2) is 32.1 Å². The minimum absolute atomic E-state index is 0.0802. The van der Waals surface area contributed by atoms with Gasteiger partial charge in [0.25, 0.3) is 0 Å². The summed E-state index contributed by atoms with van der Waals surface area (Å²) in [5.41, 5.74) is 0.407. The zero-order valence-corrected chi connectivity index (χ0v) is 13.8. The Kier molecular flexibility index (Phi) is 5.84. The molecule has 0 heterocycles. The molecule has 1 fully saturated rings. The number of amides is 2. The summed E-state index contributed by atoms with van der Waals surface area (Å²) in [4.78, 5) is 24.2. The van der Waals surface area contributed by atoms with Crippen LogP contribution in [0.15, 0.2) is 18.2 Å². The van der Waals surface area contributed by atoms with E-state index in [2.05, 4.69) is 17.6 Å². The highest BCUT2D eigenvalue weighted by molar-refractivity contribution is 6.39. The van der Waals surface area contributed by atoms with E-state index < -0.39 is 11.8 Å². The molecule has 1 saturated carbocycles. The molecule has 1 aliphatic rings. The molecule has 6 heteroatoms. The van der Waals surface area contributed by atoms with Crippen LogP contribution in [0.1, 0.15) is 32.6 Å². The van der Waals surface area contributed by atoms with E-state index in [0.717, 1.165) is 25.7 Å². The van der Waals surface area contributed by atoms with Crippen LogP contribution in [0.2, 0.25) is 0 Å². The van der Waals surface area contributed by atoms with E-state index in [1.807, 2.05) is 0 Å². The fourth-order valence-electron chi connectivity index (χ4n) is 2.75. The summed E-state index contributed by atoms with van der Waals surface area (Å²) in [6.45, 7) is 2.21. The third-order valence-corrected chi connectivity index (χ3v) is 4.21. The monoisotopic (exact) mass is 320 g/mol. The maximum atomic E-state index is 12.1. The van der Waals surface area contributed by atoms with Crippen molar-refractivity contribution >= 4 is 17.5 Å². The SMILES string of the molecule is COc1ccc(OC)c(NC(=O)C(=O)NC2CCC(C)CC2)c1. The minimum atomic E-state index is -0.699. The molecule has 6 nitrogen and oxygen atoms in total. The third kappa shape index (κ3) is 4.61. The van der Waals surface area contributed by atoms with Crippen LogP contribution in [0.4, 0.5) is 5.69 Å². The number of carbonyl (C=O) groups excluding carboxylic acids is 2. The largest absolute Gasteiger partial charge is 0.497 e. The topological polar surface area (TPSA) is 76.7 Å². The third-order valence-electron chi connectivity index (χ3n) is 4.21. The van der Waals surface area contributed by atoms with Crippen molar-refractivity contribution < 1.29 is 19.1 Å². The first-order valence-electron chi connectivity index (χ1n) is 7.87. The lowest BCUT2D eigenvalue weighted by atomic mass is 9.87. The Hall–Kier alpha value is -2.24. The number of nitrogens with one attached hydrogen (secondary N) is 2. The molecule has 1 aromatic rings. The molecule has 0 spiro atoms. The Bertz CT molecular complexity index is 566. The van der Waals surface area contributed by atoms with Gasteiger partial charge in [-0.05, 0) is 43.7 Å². The van der Waals surface area contributed by atoms with Crippen molar-refractivity contribution in [3.8, 4) is 11.5 Å². The summed E-state index contributed by atoms with van der Waals surface area (Å²) in [6, 6.07) is 5.09. The molecule has 0 bridgehead atoms. The number of benzene rings is 1. The number of ether oxygens (including phenoxy) is 2. The van der Waals surface area contributed by atoms with Crippen molar-refractivity contribution in [2.75, 3.05) is 19.5 Å². The molecule has 126 valence electrons. The van der Waals surface area contributed by atoms with Crippen molar-refractivity contribution in [1.82, 2.24) is 5.32 Å². The van der Waals surface area contributed by atoms with Crippen molar-refractivity contribution in [1.29, 1.82) is 0 Å². The van der Waals surface area contributed by atoms with E-state index in [1.165, 1.54) is 14.2 Å². The van der Waals surface area contributed by atoms with Gasteiger partial charge in [0.1, 0.15) is 11.5 Å². The highest BCUT2D eigenvalue weighted by Crippen LogP contribution is 2.29. The molecular weight excluding hydrogens is 296 g/mol. The zero-order chi connectivity index (χ0) is 16.8. The number of hydrogen-bond donors (Lipinski definition) is 2. The number of rotatable bonds is 4. The molecule has 0 radical (unpaired) electrons.